The third-order valence-corrected chi connectivity index (χ3v) is 8.63. The van der Waals surface area contributed by atoms with Crippen molar-refractivity contribution in [3.05, 3.63) is 61.2 Å². The van der Waals surface area contributed by atoms with Gasteiger partial charge < -0.3 is 18.9 Å². The Morgan fingerprint density at radius 2 is 1.43 bits per heavy atom. The van der Waals surface area contributed by atoms with Crippen LogP contribution in [0, 0.1) is 0 Å². The molecule has 2 fully saturated rings. The lowest BCUT2D eigenvalue weighted by Crippen LogP contribution is -2.34. The van der Waals surface area contributed by atoms with Crippen molar-refractivity contribution >= 4 is 18.5 Å². The van der Waals surface area contributed by atoms with Gasteiger partial charge in [0.15, 0.2) is 5.79 Å². The Hall–Kier alpha value is -1.87. The van der Waals surface area contributed by atoms with Gasteiger partial charge in [-0.25, -0.2) is 0 Å². The van der Waals surface area contributed by atoms with Gasteiger partial charge in [-0.3, -0.25) is 0 Å². The van der Waals surface area contributed by atoms with Crippen molar-refractivity contribution in [1.82, 2.24) is 0 Å². The predicted octanol–water partition coefficient (Wildman–Crippen LogP) is 4.77. The molecular formula is C25H31O4P. The molecule has 5 heteroatoms. The Labute approximate surface area is 180 Å². The van der Waals surface area contributed by atoms with Crippen LogP contribution in [-0.2, 0) is 9.47 Å². The summed E-state index contributed by atoms with van der Waals surface area (Å²) in [6.07, 6.45) is 8.33. The van der Waals surface area contributed by atoms with Gasteiger partial charge in [-0.1, -0.05) is 36.8 Å². The smallest absolute Gasteiger partial charge is 0.169 e. The van der Waals surface area contributed by atoms with Gasteiger partial charge in [0.1, 0.15) is 17.6 Å². The topological polar surface area (TPSA) is 36.9 Å². The van der Waals surface area contributed by atoms with E-state index < -0.39 is 13.7 Å². The third kappa shape index (κ3) is 4.56. The number of ether oxygens (including phenoxy) is 4. The summed E-state index contributed by atoms with van der Waals surface area (Å²) in [5, 5.41) is 2.60. The van der Waals surface area contributed by atoms with Crippen LogP contribution in [0.1, 0.15) is 32.1 Å². The molecule has 2 atom stereocenters. The van der Waals surface area contributed by atoms with E-state index in [1.807, 2.05) is 30.3 Å². The van der Waals surface area contributed by atoms with Gasteiger partial charge in [-0.2, -0.15) is 0 Å². The zero-order chi connectivity index (χ0) is 21.0. The van der Waals surface area contributed by atoms with E-state index in [4.69, 9.17) is 18.9 Å². The minimum absolute atomic E-state index is 0.0101. The molecule has 0 radical (unpaired) electrons. The minimum atomic E-state index is -0.631. The predicted molar refractivity (Wildman–Crippen MR) is 123 cm³/mol. The van der Waals surface area contributed by atoms with Crippen molar-refractivity contribution < 1.29 is 18.9 Å². The molecule has 1 aliphatic heterocycles. The number of hydrogen-bond donors (Lipinski definition) is 0. The Balaban J connectivity index is 1.62. The van der Waals surface area contributed by atoms with Crippen molar-refractivity contribution in [2.75, 3.05) is 20.4 Å². The quantitative estimate of drug-likeness (QED) is 0.472. The molecule has 160 valence electrons. The molecule has 4 rings (SSSR count). The lowest BCUT2D eigenvalue weighted by Gasteiger charge is -2.32. The highest BCUT2D eigenvalue weighted by Gasteiger charge is 2.47. The van der Waals surface area contributed by atoms with E-state index in [1.54, 1.807) is 14.2 Å². The zero-order valence-electron chi connectivity index (χ0n) is 17.9. The average Bonchev–Trinajstić information content (AvgIpc) is 3.14. The second-order valence-electron chi connectivity index (χ2n) is 7.95. The van der Waals surface area contributed by atoms with Crippen LogP contribution in [0.3, 0.4) is 0 Å². The molecule has 2 aliphatic rings. The molecule has 2 aromatic carbocycles. The highest BCUT2D eigenvalue weighted by Crippen LogP contribution is 2.45. The summed E-state index contributed by atoms with van der Waals surface area (Å²) in [6.45, 7) is 4.04. The maximum absolute atomic E-state index is 6.63. The van der Waals surface area contributed by atoms with Crippen LogP contribution >= 0.6 is 7.92 Å². The second kappa shape index (κ2) is 9.51. The summed E-state index contributed by atoms with van der Waals surface area (Å²) in [5.74, 6) is 1.32. The summed E-state index contributed by atoms with van der Waals surface area (Å²) in [7, 11) is 2.76. The molecule has 0 unspecified atom stereocenters. The van der Waals surface area contributed by atoms with Gasteiger partial charge in [0, 0.05) is 19.0 Å². The van der Waals surface area contributed by atoms with E-state index >= 15 is 0 Å². The van der Waals surface area contributed by atoms with Crippen LogP contribution in [0.4, 0.5) is 0 Å². The largest absolute Gasteiger partial charge is 0.497 e. The van der Waals surface area contributed by atoms with Gasteiger partial charge in [0.25, 0.3) is 0 Å². The maximum atomic E-state index is 6.63. The van der Waals surface area contributed by atoms with Crippen molar-refractivity contribution in [2.45, 2.75) is 50.1 Å². The first-order valence-corrected chi connectivity index (χ1v) is 12.2. The highest BCUT2D eigenvalue weighted by atomic mass is 31.1. The molecule has 1 saturated heterocycles. The summed E-state index contributed by atoms with van der Waals surface area (Å²) in [4.78, 5) is 0. The standard InChI is InChI=1S/C25H31O4P/c1-4-23-24(29-25(28-23)16-6-5-7-17-25)18-30(21-12-8-19(26-2)9-13-21)22-14-10-20(27-3)11-15-22/h4,8-15,23-24H,1,5-7,16-18H2,2-3H3/t23-,24-/m0/s1. The van der Waals surface area contributed by atoms with E-state index in [0.29, 0.717) is 0 Å². The van der Waals surface area contributed by atoms with Crippen LogP contribution in [0.25, 0.3) is 0 Å². The first kappa shape index (κ1) is 21.4. The van der Waals surface area contributed by atoms with Gasteiger partial charge in [-0.05, 0) is 55.6 Å². The summed E-state index contributed by atoms with van der Waals surface area (Å²) in [5.41, 5.74) is 0. The lowest BCUT2D eigenvalue weighted by atomic mass is 9.94. The normalized spacial score (nSPS) is 22.9. The van der Waals surface area contributed by atoms with Gasteiger partial charge in [-0.15, -0.1) is 6.58 Å². The van der Waals surface area contributed by atoms with E-state index in [1.165, 1.54) is 29.9 Å². The van der Waals surface area contributed by atoms with Crippen LogP contribution in [0.2, 0.25) is 0 Å². The molecule has 0 amide bonds. The Morgan fingerprint density at radius 1 is 0.900 bits per heavy atom. The van der Waals surface area contributed by atoms with Crippen LogP contribution in [-0.4, -0.2) is 38.4 Å². The first-order valence-electron chi connectivity index (χ1n) is 10.7. The number of hydrogen-bond acceptors (Lipinski definition) is 4. The molecule has 2 aromatic rings. The molecule has 0 bridgehead atoms. The first-order chi connectivity index (χ1) is 14.7. The van der Waals surface area contributed by atoms with Crippen molar-refractivity contribution in [3.63, 3.8) is 0 Å². The monoisotopic (exact) mass is 426 g/mol. The van der Waals surface area contributed by atoms with Gasteiger partial charge in [0.05, 0.1) is 20.3 Å². The molecule has 1 aliphatic carbocycles. The maximum Gasteiger partial charge on any atom is 0.169 e. The van der Waals surface area contributed by atoms with Gasteiger partial charge >= 0.3 is 0 Å². The van der Waals surface area contributed by atoms with Crippen LogP contribution < -0.4 is 20.1 Å². The van der Waals surface area contributed by atoms with E-state index in [9.17, 15) is 0 Å². The lowest BCUT2D eigenvalue weighted by molar-refractivity contribution is -0.189. The summed E-state index contributed by atoms with van der Waals surface area (Å²) >= 11 is 0. The Bertz CT molecular complexity index is 780. The molecule has 4 nitrogen and oxygen atoms in total. The third-order valence-electron chi connectivity index (χ3n) is 6.06. The Kier molecular flexibility index (Phi) is 6.77. The zero-order valence-corrected chi connectivity index (χ0v) is 18.8. The molecule has 0 aromatic heterocycles. The molecule has 30 heavy (non-hydrogen) atoms. The SMILES string of the molecule is C=C[C@@H]1OC2(CCCCC2)O[C@H]1CP(c1ccc(OC)cc1)c1ccc(OC)cc1. The fraction of sp³-hybridized carbons (Fsp3) is 0.440. The number of methoxy groups -OCH3 is 2. The van der Waals surface area contributed by atoms with E-state index in [-0.39, 0.29) is 12.2 Å². The van der Waals surface area contributed by atoms with E-state index in [0.717, 1.165) is 30.5 Å². The highest BCUT2D eigenvalue weighted by molar-refractivity contribution is 7.73. The van der Waals surface area contributed by atoms with Crippen molar-refractivity contribution in [2.24, 2.45) is 0 Å². The molecule has 1 saturated carbocycles. The van der Waals surface area contributed by atoms with Crippen LogP contribution in [0.5, 0.6) is 11.5 Å². The minimum Gasteiger partial charge on any atom is -0.497 e. The van der Waals surface area contributed by atoms with Crippen molar-refractivity contribution in [1.29, 1.82) is 0 Å². The van der Waals surface area contributed by atoms with Gasteiger partial charge in [0.2, 0.25) is 0 Å². The Morgan fingerprint density at radius 3 is 1.90 bits per heavy atom. The van der Waals surface area contributed by atoms with Crippen LogP contribution in [0.15, 0.2) is 61.2 Å². The average molecular weight is 426 g/mol. The summed E-state index contributed by atoms with van der Waals surface area (Å²) < 4.78 is 23.8. The second-order valence-corrected chi connectivity index (χ2v) is 10.2. The summed E-state index contributed by atoms with van der Waals surface area (Å²) in [6, 6.07) is 16.8. The molecule has 0 N–H and O–H groups in total. The molecular weight excluding hydrogens is 395 g/mol. The molecule has 1 spiro atoms. The number of benzene rings is 2. The van der Waals surface area contributed by atoms with Crippen molar-refractivity contribution in [3.8, 4) is 11.5 Å². The van der Waals surface area contributed by atoms with E-state index in [2.05, 4.69) is 30.8 Å². The number of rotatable bonds is 7. The fourth-order valence-corrected chi connectivity index (χ4v) is 6.81. The fourth-order valence-electron chi connectivity index (χ4n) is 4.43. The molecule has 1 heterocycles.